The van der Waals surface area contributed by atoms with Gasteiger partial charge in [0.25, 0.3) is 0 Å². The van der Waals surface area contributed by atoms with Crippen LogP contribution in [0.3, 0.4) is 0 Å². The molecule has 3 saturated heterocycles. The van der Waals surface area contributed by atoms with E-state index in [1.54, 1.807) is 93.6 Å². The molecule has 3 fully saturated rings. The topological polar surface area (TPSA) is 535 Å². The van der Waals surface area contributed by atoms with Gasteiger partial charge in [0.1, 0.15) is 126 Å². The second-order valence-corrected chi connectivity index (χ2v) is 27.2. The molecule has 3 heterocycles. The van der Waals surface area contributed by atoms with Crippen molar-refractivity contribution in [3.63, 3.8) is 0 Å². The minimum Gasteiger partial charge on any atom is -0.457 e. The number of hydrogen-bond donors (Lipinski definition) is 21. The number of aryl methyl sites for hydroxylation is 1. The number of carbonyl (C=O) groups is 3. The Bertz CT molecular complexity index is 3540. The molecule has 0 spiro atoms. The van der Waals surface area contributed by atoms with Gasteiger partial charge in [0, 0.05) is 0 Å². The second kappa shape index (κ2) is 60.5. The monoisotopic (exact) mass is 1740 g/mol. The number of halogens is 3. The van der Waals surface area contributed by atoms with Crippen LogP contribution in [0.25, 0.3) is 0 Å². The van der Waals surface area contributed by atoms with Gasteiger partial charge in [-0.25, -0.2) is 0 Å². The van der Waals surface area contributed by atoms with Crippen molar-refractivity contribution in [3.8, 4) is 34.5 Å². The van der Waals surface area contributed by atoms with Gasteiger partial charge in [-0.2, -0.15) is 0 Å². The molecule has 122 heavy (non-hydrogen) atoms. The molecule has 0 aliphatic carbocycles. The van der Waals surface area contributed by atoms with E-state index in [2.05, 4.69) is 16.0 Å². The fraction of sp³-hybridized carbons (Fsp3) is 0.547. The zero-order valence-electron chi connectivity index (χ0n) is 70.4. The lowest BCUT2D eigenvalue weighted by atomic mass is 9.99. The van der Waals surface area contributed by atoms with Gasteiger partial charge in [-0.15, -0.1) is 0 Å². The summed E-state index contributed by atoms with van der Waals surface area (Å²) < 4.78 is 78.2. The Labute approximate surface area is 709 Å². The lowest BCUT2D eigenvalue weighted by Gasteiger charge is -2.40. The van der Waals surface area contributed by atoms with Crippen molar-refractivity contribution < 1.29 is 162 Å². The number of amides is 3. The first-order chi connectivity index (χ1) is 58.6. The van der Waals surface area contributed by atoms with Crippen LogP contribution in [0.15, 0.2) is 158 Å². The molecule has 21 N–H and O–H groups in total. The molecule has 3 amide bonds. The highest BCUT2D eigenvalue weighted by atomic mass is 19.1. The van der Waals surface area contributed by atoms with E-state index in [1.807, 2.05) is 120 Å². The SMILES string of the molecule is CC.CC.CC[C@@H](O)[C@@H](O)[C@H](CO[C@H]1OC(CO)[C@@H](O)[C@H](O)C1O)NC(=O)Cc1ccc(Oc2ccc(C)cc2)cc1.CC[C@@H](O)[C@@H](O)[C@H](CO[C@H]1OC(CO)[C@@H](O)[C@H](O)C1O)NC(=O)Cc1ccc(Oc2ccccc2)cc1.CC[C@@H](O)[C@@H](O)[C@H](CO[C@H]1OC(CO)[C@@H](O)[C@H](O)C1O)NC(=O)Cc1ccc(Oc2ccccc2)cc1.CF.CF.CF. The quantitative estimate of drug-likeness (QED) is 0.0269. The van der Waals surface area contributed by atoms with Crippen LogP contribution in [0.5, 0.6) is 34.5 Å². The van der Waals surface area contributed by atoms with Crippen molar-refractivity contribution in [2.45, 2.75) is 241 Å². The number of aliphatic hydroxyl groups excluding tert-OH is 18. The summed E-state index contributed by atoms with van der Waals surface area (Å²) in [5, 5.41) is 188. The van der Waals surface area contributed by atoms with Gasteiger partial charge < -0.3 is 150 Å². The average molecular weight is 1740 g/mol. The van der Waals surface area contributed by atoms with Gasteiger partial charge in [0.05, 0.1) is 117 Å². The molecular formula is C86H128F3N3O30. The molecule has 24 atom stereocenters. The van der Waals surface area contributed by atoms with Gasteiger partial charge in [0.15, 0.2) is 18.9 Å². The number of aliphatic hydroxyl groups is 18. The third-order valence-electron chi connectivity index (χ3n) is 18.7. The number of alkyl halides is 3. The van der Waals surface area contributed by atoms with Crippen LogP contribution in [0.2, 0.25) is 0 Å². The molecule has 3 aliphatic heterocycles. The van der Waals surface area contributed by atoms with Crippen LogP contribution < -0.4 is 30.2 Å². The highest BCUT2D eigenvalue weighted by molar-refractivity contribution is 5.80. The first kappa shape index (κ1) is 110. The van der Waals surface area contributed by atoms with Crippen LogP contribution >= 0.6 is 0 Å². The largest absolute Gasteiger partial charge is 0.457 e. The minimum atomic E-state index is -1.64. The van der Waals surface area contributed by atoms with Crippen LogP contribution in [-0.4, -0.2) is 318 Å². The number of nitrogens with one attached hydrogen (secondary N) is 3. The van der Waals surface area contributed by atoms with E-state index in [0.717, 1.165) is 5.56 Å². The highest BCUT2D eigenvalue weighted by Crippen LogP contribution is 2.29. The molecule has 0 bridgehead atoms. The first-order valence-corrected chi connectivity index (χ1v) is 39.9. The fourth-order valence-corrected chi connectivity index (χ4v) is 11.8. The number of ether oxygens (including phenoxy) is 9. The Hall–Kier alpha value is -8.04. The first-order valence-electron chi connectivity index (χ1n) is 39.9. The van der Waals surface area contributed by atoms with E-state index >= 15 is 0 Å². The standard InChI is InChI=1S/C27H37NO10.2C26H35NO10.2C2H6.3CH3F/c1-3-20(30)23(32)19(14-36-27-26(35)25(34)24(33)21(13-29)38-27)28-22(31)12-16-6-10-18(11-7-16)37-17-8-4-15(2)5-9-17;2*1-2-19(29)22(31)18(14-35-26-25(34)24(33)23(32)20(13-28)37-26)27-21(30)12-15-8-10-17(11-9-15)36-16-6-4-3-5-7-16;5*1-2/h4-11,19-21,23-27,29-30,32-35H,3,12-14H2,1-2H3,(H,28,31);2*3-11,18-20,22-26,28-29,31-34H,2,12-14H2,1H3,(H,27,30);2*1-2H3;3*1H3/t19-,20+,21?,23-,24+,25-,26?,27-;2*18-,19+,20?,22-,23+,24-,25?,26-;;;;;/m000...../s1. The molecule has 6 unspecified atom stereocenters. The van der Waals surface area contributed by atoms with Crippen molar-refractivity contribution in [1.82, 2.24) is 16.0 Å². The Balaban J connectivity index is 0.000000589. The number of carbonyl (C=O) groups excluding carboxylic acids is 3. The van der Waals surface area contributed by atoms with Crippen molar-refractivity contribution in [1.29, 1.82) is 0 Å². The fourth-order valence-electron chi connectivity index (χ4n) is 11.8. The van der Waals surface area contributed by atoms with Crippen molar-refractivity contribution in [2.24, 2.45) is 0 Å². The highest BCUT2D eigenvalue weighted by Gasteiger charge is 2.48. The van der Waals surface area contributed by atoms with E-state index in [1.165, 1.54) is 0 Å². The van der Waals surface area contributed by atoms with E-state index < -0.39 is 204 Å². The lowest BCUT2D eigenvalue weighted by Crippen LogP contribution is -2.60. The van der Waals surface area contributed by atoms with Crippen LogP contribution in [0, 0.1) is 6.92 Å². The maximum Gasteiger partial charge on any atom is 0.224 e. The Morgan fingerprint density at radius 3 is 0.762 bits per heavy atom. The van der Waals surface area contributed by atoms with Gasteiger partial charge in [-0.3, -0.25) is 27.6 Å². The normalized spacial score (nSPS) is 24.2. The van der Waals surface area contributed by atoms with Crippen LogP contribution in [0.1, 0.15) is 90.0 Å². The maximum absolute atomic E-state index is 12.8. The summed E-state index contributed by atoms with van der Waals surface area (Å²) in [5.41, 5.74) is 3.15. The predicted octanol–water partition coefficient (Wildman–Crippen LogP) is 2.48. The zero-order chi connectivity index (χ0) is 91.7. The van der Waals surface area contributed by atoms with Crippen molar-refractivity contribution in [3.05, 3.63) is 180 Å². The number of hydrogen-bond acceptors (Lipinski definition) is 30. The van der Waals surface area contributed by atoms with Crippen molar-refractivity contribution in [2.75, 3.05) is 61.2 Å². The van der Waals surface area contributed by atoms with Gasteiger partial charge in [0.2, 0.25) is 17.7 Å². The molecule has 6 aromatic carbocycles. The molecule has 6 aromatic rings. The number of rotatable bonds is 36. The van der Waals surface area contributed by atoms with Gasteiger partial charge in [-0.1, -0.05) is 139 Å². The summed E-state index contributed by atoms with van der Waals surface area (Å²) in [5.74, 6) is 2.48. The van der Waals surface area contributed by atoms with Gasteiger partial charge in [-0.05, 0) is 116 Å². The predicted molar refractivity (Wildman–Crippen MR) is 440 cm³/mol. The summed E-state index contributed by atoms with van der Waals surface area (Å²) in [6.07, 6.45) is -29.5. The third-order valence-corrected chi connectivity index (χ3v) is 18.7. The molecule has 36 heteroatoms. The Morgan fingerprint density at radius 1 is 0.336 bits per heavy atom. The van der Waals surface area contributed by atoms with Gasteiger partial charge >= 0.3 is 0 Å². The second-order valence-electron chi connectivity index (χ2n) is 27.2. The zero-order valence-corrected chi connectivity index (χ0v) is 70.4. The number of para-hydroxylation sites is 2. The smallest absolute Gasteiger partial charge is 0.224 e. The molecule has 0 aromatic heterocycles. The molecule has 688 valence electrons. The number of benzene rings is 6. The summed E-state index contributed by atoms with van der Waals surface area (Å²) in [4.78, 5) is 38.3. The molecule has 0 saturated carbocycles. The Kier molecular flexibility index (Phi) is 54.6. The summed E-state index contributed by atoms with van der Waals surface area (Å²) in [6.45, 7) is 11.9. The Morgan fingerprint density at radius 2 is 0.549 bits per heavy atom. The molecule has 9 rings (SSSR count). The lowest BCUT2D eigenvalue weighted by molar-refractivity contribution is -0.303. The summed E-state index contributed by atoms with van der Waals surface area (Å²) in [6, 6.07) is 43.6. The van der Waals surface area contributed by atoms with E-state index in [-0.39, 0.29) is 38.5 Å². The van der Waals surface area contributed by atoms with Crippen molar-refractivity contribution >= 4 is 17.7 Å². The molecular weight excluding hydrogens is 1610 g/mol. The summed E-state index contributed by atoms with van der Waals surface area (Å²) >= 11 is 0. The molecule has 0 radical (unpaired) electrons. The van der Waals surface area contributed by atoms with E-state index in [0.29, 0.717) is 72.7 Å². The minimum absolute atomic E-state index is 0.0307. The van der Waals surface area contributed by atoms with Crippen LogP contribution in [-0.2, 0) is 62.1 Å². The molecule has 3 aliphatic rings. The average Bonchev–Trinajstić information content (AvgIpc) is 0.821. The van der Waals surface area contributed by atoms with Crippen LogP contribution in [0.4, 0.5) is 13.2 Å². The van der Waals surface area contributed by atoms with E-state index in [4.69, 9.17) is 42.6 Å². The third kappa shape index (κ3) is 36.3. The van der Waals surface area contributed by atoms with E-state index in [9.17, 15) is 119 Å². The maximum atomic E-state index is 12.8. The summed E-state index contributed by atoms with van der Waals surface area (Å²) in [7, 11) is 1.50. The molecule has 33 nitrogen and oxygen atoms in total.